The quantitative estimate of drug-likeness (QED) is 0.165. The van der Waals surface area contributed by atoms with Gasteiger partial charge in [-0.25, -0.2) is 8.42 Å². The highest BCUT2D eigenvalue weighted by atomic mass is 32.2. The van der Waals surface area contributed by atoms with E-state index in [0.29, 0.717) is 30.8 Å². The van der Waals surface area contributed by atoms with E-state index in [4.69, 9.17) is 19.9 Å². The minimum absolute atomic E-state index is 0.0120. The summed E-state index contributed by atoms with van der Waals surface area (Å²) in [4.78, 5) is 37.8. The molecule has 0 aliphatic carbocycles. The van der Waals surface area contributed by atoms with E-state index in [0.717, 1.165) is 17.1 Å². The Kier molecular flexibility index (Phi) is 7.33. The molecule has 5 aromatic rings. The van der Waals surface area contributed by atoms with Gasteiger partial charge in [0.15, 0.2) is 11.4 Å². The lowest BCUT2D eigenvalue weighted by atomic mass is 9.98. The van der Waals surface area contributed by atoms with Gasteiger partial charge in [0.1, 0.15) is 24.0 Å². The number of ether oxygens (including phenoxy) is 3. The van der Waals surface area contributed by atoms with Crippen molar-refractivity contribution in [1.29, 1.82) is 0 Å². The fourth-order valence-corrected chi connectivity index (χ4v) is 8.20. The van der Waals surface area contributed by atoms with Gasteiger partial charge in [-0.3, -0.25) is 19.9 Å². The van der Waals surface area contributed by atoms with Crippen molar-refractivity contribution < 1.29 is 32.3 Å². The molecule has 8 rings (SSSR count). The minimum Gasteiger partial charge on any atom is -0.489 e. The van der Waals surface area contributed by atoms with E-state index in [9.17, 15) is 23.3 Å². The number of nitro benzene ring substituents is 1. The fourth-order valence-electron chi connectivity index (χ4n) is 6.70. The van der Waals surface area contributed by atoms with E-state index in [2.05, 4.69) is 20.3 Å². The summed E-state index contributed by atoms with van der Waals surface area (Å²) >= 11 is 0. The second-order valence-electron chi connectivity index (χ2n) is 12.0. The predicted octanol–water partition coefficient (Wildman–Crippen LogP) is 3.90. The number of carbonyl (C=O) groups is 1. The fraction of sp³-hybridized carbons (Fsp3) is 0.242. The average Bonchev–Trinajstić information content (AvgIpc) is 3.56. The van der Waals surface area contributed by atoms with E-state index in [1.165, 1.54) is 24.3 Å². The number of benzene rings is 2. The van der Waals surface area contributed by atoms with Crippen molar-refractivity contribution in [2.75, 3.05) is 30.0 Å². The molecule has 3 aromatic heterocycles. The van der Waals surface area contributed by atoms with E-state index < -0.39 is 38.5 Å². The van der Waals surface area contributed by atoms with E-state index in [-0.39, 0.29) is 57.6 Å². The third-order valence-electron chi connectivity index (χ3n) is 8.93. The zero-order valence-electron chi connectivity index (χ0n) is 25.7. The van der Waals surface area contributed by atoms with Crippen LogP contribution in [-0.2, 0) is 21.0 Å². The summed E-state index contributed by atoms with van der Waals surface area (Å²) in [6, 6.07) is 14.8. The monoisotopic (exact) mass is 683 g/mol. The summed E-state index contributed by atoms with van der Waals surface area (Å²) in [6.45, 7) is 0.678. The van der Waals surface area contributed by atoms with Gasteiger partial charge in [-0.2, -0.15) is 4.98 Å². The molecule has 0 bridgehead atoms. The van der Waals surface area contributed by atoms with Gasteiger partial charge < -0.3 is 35.1 Å². The maximum atomic E-state index is 14.7. The first-order valence-electron chi connectivity index (χ1n) is 15.5. The Morgan fingerprint density at radius 2 is 2.00 bits per heavy atom. The van der Waals surface area contributed by atoms with Crippen molar-refractivity contribution in [2.45, 2.75) is 40.8 Å². The highest BCUT2D eigenvalue weighted by Crippen LogP contribution is 2.48. The Morgan fingerprint density at radius 1 is 1.12 bits per heavy atom. The van der Waals surface area contributed by atoms with Crippen LogP contribution in [0.4, 0.5) is 22.7 Å². The van der Waals surface area contributed by atoms with Gasteiger partial charge in [0.25, 0.3) is 11.6 Å². The van der Waals surface area contributed by atoms with Gasteiger partial charge in [0, 0.05) is 48.6 Å². The largest absolute Gasteiger partial charge is 0.489 e. The lowest BCUT2D eigenvalue weighted by Crippen LogP contribution is -2.53. The van der Waals surface area contributed by atoms with Crippen LogP contribution in [0.25, 0.3) is 11.0 Å². The zero-order chi connectivity index (χ0) is 33.9. The number of hydrogen-bond acceptors (Lipinski definition) is 12. The zero-order valence-corrected chi connectivity index (χ0v) is 26.6. The Labute approximate surface area is 279 Å². The molecule has 15 nitrogen and oxygen atoms in total. The van der Waals surface area contributed by atoms with Crippen molar-refractivity contribution in [3.63, 3.8) is 0 Å². The number of nitro groups is 1. The third-order valence-corrected chi connectivity index (χ3v) is 10.7. The molecular weight excluding hydrogens is 654 g/mol. The molecule has 0 unspecified atom stereocenters. The molecule has 250 valence electrons. The normalized spacial score (nSPS) is 19.8. The highest BCUT2D eigenvalue weighted by molar-refractivity contribution is 7.91. The molecule has 2 aromatic carbocycles. The van der Waals surface area contributed by atoms with Crippen molar-refractivity contribution in [2.24, 2.45) is 5.73 Å². The number of nitrogens with two attached hydrogens (primary N) is 1. The number of nitrogens with zero attached hydrogens (tertiary/aromatic N) is 4. The molecule has 3 atom stereocenters. The Hall–Kier alpha value is -5.74. The summed E-state index contributed by atoms with van der Waals surface area (Å²) in [5.41, 5.74) is 7.20. The van der Waals surface area contributed by atoms with Crippen LogP contribution in [-0.4, -0.2) is 72.2 Å². The number of H-pyrrole nitrogens is 1. The summed E-state index contributed by atoms with van der Waals surface area (Å²) in [6.07, 6.45) is 3.69. The van der Waals surface area contributed by atoms with Crippen LogP contribution in [0, 0.1) is 10.1 Å². The van der Waals surface area contributed by atoms with Crippen molar-refractivity contribution in [3.8, 4) is 11.6 Å². The first-order valence-corrected chi connectivity index (χ1v) is 17.0. The minimum atomic E-state index is -4.57. The molecule has 4 N–H and O–H groups in total. The predicted molar refractivity (Wildman–Crippen MR) is 176 cm³/mol. The molecule has 1 saturated heterocycles. The summed E-state index contributed by atoms with van der Waals surface area (Å²) in [5.74, 6) is -0.631. The number of anilines is 3. The number of aromatic nitrogens is 3. The average molecular weight is 684 g/mol. The number of amides is 1. The van der Waals surface area contributed by atoms with Crippen LogP contribution in [0.5, 0.6) is 11.6 Å². The SMILES string of the molecule is NC(=O)c1cccc(S(=O)(=O)c2cc3c(c([N+](=O)[O-])c2)N[C@H](Cc2ccccn2)CO3)c1N1c2cc3cc[nH]c3nc2O[C@H]2COCC[C@@H]21. The number of primary amides is 1. The van der Waals surface area contributed by atoms with Crippen LogP contribution in [0.15, 0.2) is 82.8 Å². The first-order chi connectivity index (χ1) is 23.7. The summed E-state index contributed by atoms with van der Waals surface area (Å²) in [7, 11) is -4.57. The molecule has 3 aliphatic rings. The number of carbonyl (C=O) groups excluding carboxylic acids is 1. The molecule has 0 radical (unpaired) electrons. The van der Waals surface area contributed by atoms with Crippen molar-refractivity contribution in [3.05, 3.63) is 94.4 Å². The number of sulfone groups is 1. The smallest absolute Gasteiger partial charge is 0.297 e. The van der Waals surface area contributed by atoms with E-state index >= 15 is 0 Å². The maximum Gasteiger partial charge on any atom is 0.297 e. The Morgan fingerprint density at radius 3 is 2.80 bits per heavy atom. The molecule has 16 heteroatoms. The van der Waals surface area contributed by atoms with Crippen LogP contribution in [0.2, 0.25) is 0 Å². The Balaban J connectivity index is 1.27. The van der Waals surface area contributed by atoms with Crippen LogP contribution in [0.3, 0.4) is 0 Å². The van der Waals surface area contributed by atoms with Crippen LogP contribution in [0.1, 0.15) is 22.5 Å². The number of pyridine rings is 2. The lowest BCUT2D eigenvalue weighted by Gasteiger charge is -2.45. The van der Waals surface area contributed by atoms with Gasteiger partial charge in [-0.1, -0.05) is 12.1 Å². The number of aromatic amines is 1. The van der Waals surface area contributed by atoms with Gasteiger partial charge in [-0.15, -0.1) is 0 Å². The molecule has 1 amide bonds. The summed E-state index contributed by atoms with van der Waals surface area (Å²) in [5, 5.41) is 16.3. The van der Waals surface area contributed by atoms with Crippen molar-refractivity contribution in [1.82, 2.24) is 15.0 Å². The summed E-state index contributed by atoms with van der Waals surface area (Å²) < 4.78 is 47.3. The molecule has 6 heterocycles. The van der Waals surface area contributed by atoms with E-state index in [1.54, 1.807) is 29.4 Å². The van der Waals surface area contributed by atoms with Crippen LogP contribution >= 0.6 is 0 Å². The molecule has 49 heavy (non-hydrogen) atoms. The van der Waals surface area contributed by atoms with Gasteiger partial charge in [0.2, 0.25) is 15.7 Å². The standard InChI is InChI=1S/C33H29N7O8S/c34-31(41)22-5-3-6-28(30(22)39-23-8-11-46-17-27(23)48-33-25(39)12-18-7-10-36-32(18)38-33)49(44,45)21-14-24(40(42)43)29-26(15-21)47-16-20(37-29)13-19-4-1-2-9-35-19/h1-7,9-10,12,14-15,20,23,27,37H,8,11,13,16-17H2,(H2,34,41)(H,36,38)/t20-,23+,27+/m1/s1. The van der Waals surface area contributed by atoms with Gasteiger partial charge >= 0.3 is 0 Å². The topological polar surface area (TPSA) is 205 Å². The Bertz CT molecular complexity index is 2240. The molecular formula is C33H29N7O8S. The number of para-hydroxylation sites is 1. The number of hydrogen-bond donors (Lipinski definition) is 3. The number of nitrogens with one attached hydrogen (secondary N) is 2. The third kappa shape index (κ3) is 5.25. The lowest BCUT2D eigenvalue weighted by molar-refractivity contribution is -0.384. The first kappa shape index (κ1) is 30.6. The molecule has 0 saturated carbocycles. The molecule has 3 aliphatic heterocycles. The second-order valence-corrected chi connectivity index (χ2v) is 13.9. The van der Waals surface area contributed by atoms with E-state index in [1.807, 2.05) is 18.2 Å². The van der Waals surface area contributed by atoms with Crippen molar-refractivity contribution >= 4 is 49.5 Å². The highest BCUT2D eigenvalue weighted by Gasteiger charge is 2.44. The maximum absolute atomic E-state index is 14.7. The number of rotatable bonds is 7. The van der Waals surface area contributed by atoms with Crippen LogP contribution < -0.4 is 25.4 Å². The second kappa shape index (κ2) is 11.7. The molecule has 0 spiro atoms. The van der Waals surface area contributed by atoms with Gasteiger partial charge in [-0.05, 0) is 42.8 Å². The molecule has 1 fully saturated rings. The van der Waals surface area contributed by atoms with Gasteiger partial charge in [0.05, 0.1) is 44.7 Å². The number of fused-ring (bicyclic) bond motifs is 4.